The maximum atomic E-state index is 12.4. The lowest BCUT2D eigenvalue weighted by atomic mass is 10.2. The first-order valence-corrected chi connectivity index (χ1v) is 8.18. The molecule has 0 aliphatic carbocycles. The third-order valence-electron chi connectivity index (χ3n) is 4.13. The van der Waals surface area contributed by atoms with Gasteiger partial charge >= 0.3 is 0 Å². The summed E-state index contributed by atoms with van der Waals surface area (Å²) in [6.45, 7) is -0.0814. The van der Waals surface area contributed by atoms with Crippen LogP contribution in [0.15, 0.2) is 78.0 Å². The number of hydrogen-bond donors (Lipinski definition) is 2. The predicted molar refractivity (Wildman–Crippen MR) is 101 cm³/mol. The van der Waals surface area contributed by atoms with E-state index in [0.717, 1.165) is 16.5 Å². The SMILES string of the molecule is O=C(Cn1cc(-c2ccccc2)ncc1=O)Nc1cccc2[nH]ccc12. The number of nitrogens with one attached hydrogen (secondary N) is 2. The lowest BCUT2D eigenvalue weighted by Gasteiger charge is -2.09. The Kier molecular flexibility index (Phi) is 4.07. The quantitative estimate of drug-likeness (QED) is 0.597. The summed E-state index contributed by atoms with van der Waals surface area (Å²) in [4.78, 5) is 31.8. The van der Waals surface area contributed by atoms with Crippen LogP contribution in [0.5, 0.6) is 0 Å². The summed E-state index contributed by atoms with van der Waals surface area (Å²) in [5.41, 5.74) is 2.86. The number of aromatic nitrogens is 3. The summed E-state index contributed by atoms with van der Waals surface area (Å²) in [6, 6.07) is 17.1. The summed E-state index contributed by atoms with van der Waals surface area (Å²) in [6.07, 6.45) is 4.66. The van der Waals surface area contributed by atoms with Crippen molar-refractivity contribution in [3.8, 4) is 11.3 Å². The maximum Gasteiger partial charge on any atom is 0.269 e. The van der Waals surface area contributed by atoms with Gasteiger partial charge in [-0.1, -0.05) is 36.4 Å². The minimum atomic E-state index is -0.320. The van der Waals surface area contributed by atoms with Gasteiger partial charge in [-0.2, -0.15) is 0 Å². The summed E-state index contributed by atoms with van der Waals surface area (Å²) in [5, 5.41) is 3.79. The lowest BCUT2D eigenvalue weighted by Crippen LogP contribution is -2.27. The van der Waals surface area contributed by atoms with Gasteiger partial charge in [-0.05, 0) is 18.2 Å². The first-order chi connectivity index (χ1) is 12.7. The van der Waals surface area contributed by atoms with Gasteiger partial charge < -0.3 is 14.9 Å². The summed E-state index contributed by atoms with van der Waals surface area (Å²) >= 11 is 0. The smallest absolute Gasteiger partial charge is 0.269 e. The second-order valence-electron chi connectivity index (χ2n) is 5.90. The van der Waals surface area contributed by atoms with Crippen molar-refractivity contribution in [3.05, 3.63) is 83.5 Å². The maximum absolute atomic E-state index is 12.4. The van der Waals surface area contributed by atoms with Crippen LogP contribution >= 0.6 is 0 Å². The molecule has 0 spiro atoms. The summed E-state index contributed by atoms with van der Waals surface area (Å²) in [7, 11) is 0. The first kappa shape index (κ1) is 15.8. The van der Waals surface area contributed by atoms with E-state index in [2.05, 4.69) is 15.3 Å². The molecule has 26 heavy (non-hydrogen) atoms. The van der Waals surface area contributed by atoms with E-state index in [9.17, 15) is 9.59 Å². The molecule has 0 aliphatic rings. The van der Waals surface area contributed by atoms with Crippen LogP contribution in [0.4, 0.5) is 5.69 Å². The molecule has 2 N–H and O–H groups in total. The summed E-state index contributed by atoms with van der Waals surface area (Å²) < 4.78 is 1.36. The average Bonchev–Trinajstić information content (AvgIpc) is 3.14. The van der Waals surface area contributed by atoms with Crippen LogP contribution in [0.3, 0.4) is 0 Å². The van der Waals surface area contributed by atoms with Gasteiger partial charge in [0.15, 0.2) is 0 Å². The Morgan fingerprint density at radius 2 is 1.92 bits per heavy atom. The van der Waals surface area contributed by atoms with Gasteiger partial charge in [0.05, 0.1) is 17.6 Å². The van der Waals surface area contributed by atoms with Crippen molar-refractivity contribution in [2.24, 2.45) is 0 Å². The molecule has 0 radical (unpaired) electrons. The van der Waals surface area contributed by atoms with E-state index in [-0.39, 0.29) is 18.0 Å². The second kappa shape index (κ2) is 6.68. The number of H-pyrrole nitrogens is 1. The summed E-state index contributed by atoms with van der Waals surface area (Å²) in [5.74, 6) is -0.272. The van der Waals surface area contributed by atoms with Gasteiger partial charge in [0.1, 0.15) is 6.54 Å². The number of rotatable bonds is 4. The number of anilines is 1. The number of aromatic amines is 1. The Hall–Kier alpha value is -3.67. The van der Waals surface area contributed by atoms with Crippen molar-refractivity contribution in [2.45, 2.75) is 6.54 Å². The van der Waals surface area contributed by atoms with Gasteiger partial charge in [-0.25, -0.2) is 4.98 Å². The molecule has 4 rings (SSSR count). The molecule has 0 aliphatic heterocycles. The molecule has 0 bridgehead atoms. The molecule has 128 valence electrons. The van der Waals surface area contributed by atoms with Crippen molar-refractivity contribution >= 4 is 22.5 Å². The zero-order valence-electron chi connectivity index (χ0n) is 13.8. The molecule has 2 aromatic carbocycles. The fourth-order valence-electron chi connectivity index (χ4n) is 2.86. The van der Waals surface area contributed by atoms with Crippen molar-refractivity contribution in [1.82, 2.24) is 14.5 Å². The van der Waals surface area contributed by atoms with Crippen LogP contribution in [0.1, 0.15) is 0 Å². The van der Waals surface area contributed by atoms with E-state index in [1.54, 1.807) is 6.20 Å². The van der Waals surface area contributed by atoms with Gasteiger partial charge in [-0.15, -0.1) is 0 Å². The van der Waals surface area contributed by atoms with Crippen LogP contribution in [0, 0.1) is 0 Å². The van der Waals surface area contributed by atoms with Crippen LogP contribution < -0.4 is 10.9 Å². The van der Waals surface area contributed by atoms with Crippen molar-refractivity contribution < 1.29 is 4.79 Å². The second-order valence-corrected chi connectivity index (χ2v) is 5.90. The van der Waals surface area contributed by atoms with E-state index in [1.807, 2.05) is 60.8 Å². The average molecular weight is 344 g/mol. The zero-order chi connectivity index (χ0) is 17.9. The van der Waals surface area contributed by atoms with Crippen molar-refractivity contribution in [2.75, 3.05) is 5.32 Å². The molecule has 0 saturated heterocycles. The van der Waals surface area contributed by atoms with E-state index in [1.165, 1.54) is 10.8 Å². The predicted octanol–water partition coefficient (Wildman–Crippen LogP) is 3.03. The highest BCUT2D eigenvalue weighted by molar-refractivity contribution is 6.01. The van der Waals surface area contributed by atoms with Crippen LogP contribution in [0.2, 0.25) is 0 Å². The van der Waals surface area contributed by atoms with E-state index in [0.29, 0.717) is 11.4 Å². The Labute approximate surface area is 149 Å². The third kappa shape index (κ3) is 3.12. The highest BCUT2D eigenvalue weighted by Crippen LogP contribution is 2.22. The molecule has 0 fully saturated rings. The molecule has 6 nitrogen and oxygen atoms in total. The number of carbonyl (C=O) groups is 1. The molecule has 0 saturated carbocycles. The Balaban J connectivity index is 1.58. The number of hydrogen-bond acceptors (Lipinski definition) is 3. The van der Waals surface area contributed by atoms with E-state index < -0.39 is 0 Å². The lowest BCUT2D eigenvalue weighted by molar-refractivity contribution is -0.116. The third-order valence-corrected chi connectivity index (χ3v) is 4.13. The first-order valence-electron chi connectivity index (χ1n) is 8.18. The molecule has 4 aromatic rings. The van der Waals surface area contributed by atoms with Crippen molar-refractivity contribution in [1.29, 1.82) is 0 Å². The normalized spacial score (nSPS) is 10.8. The standard InChI is InChI=1S/C20H16N4O2/c25-19(23-17-8-4-7-16-15(17)9-10-21-16)13-24-12-18(22-11-20(24)26)14-5-2-1-3-6-14/h1-12,21H,13H2,(H,23,25). The van der Waals surface area contributed by atoms with Crippen molar-refractivity contribution in [3.63, 3.8) is 0 Å². The van der Waals surface area contributed by atoms with E-state index >= 15 is 0 Å². The Morgan fingerprint density at radius 1 is 1.08 bits per heavy atom. The van der Waals surface area contributed by atoms with Crippen LogP contribution in [0.25, 0.3) is 22.2 Å². The molecule has 1 amide bonds. The molecule has 2 heterocycles. The Bertz CT molecular complexity index is 1130. The van der Waals surface area contributed by atoms with Gasteiger partial charge in [0.2, 0.25) is 5.91 Å². The monoisotopic (exact) mass is 344 g/mol. The molecular weight excluding hydrogens is 328 g/mol. The van der Waals surface area contributed by atoms with E-state index in [4.69, 9.17) is 0 Å². The molecule has 6 heteroatoms. The Morgan fingerprint density at radius 3 is 2.77 bits per heavy atom. The zero-order valence-corrected chi connectivity index (χ0v) is 13.8. The largest absolute Gasteiger partial charge is 0.361 e. The number of amides is 1. The highest BCUT2D eigenvalue weighted by Gasteiger charge is 2.09. The minimum absolute atomic E-state index is 0.0814. The van der Waals surface area contributed by atoms with Gasteiger partial charge in [-0.3, -0.25) is 9.59 Å². The van der Waals surface area contributed by atoms with Gasteiger partial charge in [0, 0.05) is 28.9 Å². The number of fused-ring (bicyclic) bond motifs is 1. The van der Waals surface area contributed by atoms with Gasteiger partial charge in [0.25, 0.3) is 5.56 Å². The number of benzene rings is 2. The number of nitrogens with zero attached hydrogens (tertiary/aromatic N) is 2. The highest BCUT2D eigenvalue weighted by atomic mass is 16.2. The topological polar surface area (TPSA) is 79.8 Å². The number of carbonyl (C=O) groups excluding carboxylic acids is 1. The molecule has 2 aromatic heterocycles. The fraction of sp³-hybridized carbons (Fsp3) is 0.0500. The van der Waals surface area contributed by atoms with Crippen LogP contribution in [-0.4, -0.2) is 20.4 Å². The molecule has 0 atom stereocenters. The van der Waals surface area contributed by atoms with Crippen LogP contribution in [-0.2, 0) is 11.3 Å². The fourth-order valence-corrected chi connectivity index (χ4v) is 2.86. The minimum Gasteiger partial charge on any atom is -0.361 e. The molecule has 0 unspecified atom stereocenters. The molecular formula is C20H16N4O2.